The molecule has 0 bridgehead atoms. The first-order chi connectivity index (χ1) is 8.93. The molecule has 1 N–H and O–H groups in total. The van der Waals surface area contributed by atoms with Crippen LogP contribution in [0, 0.1) is 0 Å². The zero-order valence-electron chi connectivity index (χ0n) is 12.0. The van der Waals surface area contributed by atoms with E-state index in [-0.39, 0.29) is 0 Å². The van der Waals surface area contributed by atoms with Crippen molar-refractivity contribution in [3.63, 3.8) is 0 Å². The maximum absolute atomic E-state index is 5.54. The minimum Gasteiger partial charge on any atom is -0.380 e. The van der Waals surface area contributed by atoms with Crippen LogP contribution in [-0.4, -0.2) is 64.1 Å². The van der Waals surface area contributed by atoms with Gasteiger partial charge in [-0.3, -0.25) is 4.90 Å². The maximum Gasteiger partial charge on any atom is 0.0594 e. The molecule has 0 saturated carbocycles. The molecule has 0 aliphatic carbocycles. The smallest absolute Gasteiger partial charge is 0.0594 e. The van der Waals surface area contributed by atoms with Gasteiger partial charge in [-0.25, -0.2) is 0 Å². The van der Waals surface area contributed by atoms with Crippen molar-refractivity contribution in [2.45, 2.75) is 32.6 Å². The van der Waals surface area contributed by atoms with Crippen LogP contribution in [0.4, 0.5) is 0 Å². The van der Waals surface area contributed by atoms with Crippen LogP contribution < -0.4 is 5.32 Å². The molecule has 1 saturated heterocycles. The summed E-state index contributed by atoms with van der Waals surface area (Å²) in [5.74, 6) is 0. The van der Waals surface area contributed by atoms with Gasteiger partial charge in [0.05, 0.1) is 19.8 Å². The Bertz CT molecular complexity index is 173. The number of hydrogen-bond donors (Lipinski definition) is 1. The number of morpholine rings is 1. The Balaban J connectivity index is 1.73. The second-order valence-electron chi connectivity index (χ2n) is 4.88. The number of ether oxygens (including phenoxy) is 2. The second-order valence-corrected chi connectivity index (χ2v) is 4.88. The Morgan fingerprint density at radius 1 is 1.06 bits per heavy atom. The lowest BCUT2D eigenvalue weighted by molar-refractivity contribution is 0.0374. The summed E-state index contributed by atoms with van der Waals surface area (Å²) in [5.41, 5.74) is 0. The van der Waals surface area contributed by atoms with Gasteiger partial charge in [-0.15, -0.1) is 0 Å². The van der Waals surface area contributed by atoms with Gasteiger partial charge >= 0.3 is 0 Å². The summed E-state index contributed by atoms with van der Waals surface area (Å²) in [5, 5.41) is 3.43. The maximum atomic E-state index is 5.54. The van der Waals surface area contributed by atoms with Crippen molar-refractivity contribution in [3.8, 4) is 0 Å². The second kappa shape index (κ2) is 11.9. The molecule has 0 radical (unpaired) electrons. The van der Waals surface area contributed by atoms with Gasteiger partial charge in [0, 0.05) is 26.2 Å². The Labute approximate surface area is 112 Å². The molecular formula is C14H30N2O2. The molecule has 18 heavy (non-hydrogen) atoms. The van der Waals surface area contributed by atoms with Crippen molar-refractivity contribution in [1.82, 2.24) is 10.2 Å². The monoisotopic (exact) mass is 258 g/mol. The number of nitrogens with one attached hydrogen (secondary N) is 1. The van der Waals surface area contributed by atoms with Gasteiger partial charge in [0.15, 0.2) is 0 Å². The van der Waals surface area contributed by atoms with E-state index in [1.807, 2.05) is 0 Å². The molecule has 0 spiro atoms. The highest BCUT2D eigenvalue weighted by molar-refractivity contribution is 4.62. The Morgan fingerprint density at radius 3 is 2.67 bits per heavy atom. The third-order valence-electron chi connectivity index (χ3n) is 3.25. The van der Waals surface area contributed by atoms with E-state index in [1.54, 1.807) is 0 Å². The van der Waals surface area contributed by atoms with Crippen molar-refractivity contribution >= 4 is 0 Å². The lowest BCUT2D eigenvalue weighted by atomic mass is 10.3. The predicted molar refractivity (Wildman–Crippen MR) is 75.1 cm³/mol. The van der Waals surface area contributed by atoms with E-state index in [4.69, 9.17) is 9.47 Å². The summed E-state index contributed by atoms with van der Waals surface area (Å²) in [6.45, 7) is 11.2. The molecule has 0 unspecified atom stereocenters. The van der Waals surface area contributed by atoms with Crippen LogP contribution >= 0.6 is 0 Å². The van der Waals surface area contributed by atoms with E-state index >= 15 is 0 Å². The minimum atomic E-state index is 0.848. The third-order valence-corrected chi connectivity index (χ3v) is 3.25. The van der Waals surface area contributed by atoms with Gasteiger partial charge in [0.2, 0.25) is 0 Å². The molecular weight excluding hydrogens is 228 g/mol. The van der Waals surface area contributed by atoms with Crippen molar-refractivity contribution in [3.05, 3.63) is 0 Å². The topological polar surface area (TPSA) is 33.7 Å². The van der Waals surface area contributed by atoms with E-state index in [0.717, 1.165) is 52.6 Å². The van der Waals surface area contributed by atoms with Crippen molar-refractivity contribution in [2.24, 2.45) is 0 Å². The standard InChI is InChI=1S/C14H30N2O2/c1-2-3-4-11-17-12-7-15-6-5-8-16-9-13-18-14-10-16/h15H,2-14H2,1H3. The van der Waals surface area contributed by atoms with Crippen LogP contribution in [0.25, 0.3) is 0 Å². The molecule has 1 heterocycles. The summed E-state index contributed by atoms with van der Waals surface area (Å²) in [4.78, 5) is 2.48. The first-order valence-electron chi connectivity index (χ1n) is 7.52. The van der Waals surface area contributed by atoms with Gasteiger partial charge in [-0.1, -0.05) is 19.8 Å². The van der Waals surface area contributed by atoms with E-state index < -0.39 is 0 Å². The molecule has 1 rings (SSSR count). The summed E-state index contributed by atoms with van der Waals surface area (Å²) in [6.07, 6.45) is 4.97. The average Bonchev–Trinajstić information content (AvgIpc) is 2.42. The van der Waals surface area contributed by atoms with Crippen LogP contribution in [0.1, 0.15) is 32.6 Å². The highest BCUT2D eigenvalue weighted by atomic mass is 16.5. The summed E-state index contributed by atoms with van der Waals surface area (Å²) < 4.78 is 10.9. The Kier molecular flexibility index (Phi) is 10.5. The van der Waals surface area contributed by atoms with Crippen LogP contribution in [-0.2, 0) is 9.47 Å². The van der Waals surface area contributed by atoms with Gasteiger partial charge in [0.1, 0.15) is 0 Å². The van der Waals surface area contributed by atoms with Crippen molar-refractivity contribution in [2.75, 3.05) is 59.2 Å². The highest BCUT2D eigenvalue weighted by Gasteiger charge is 2.08. The molecule has 0 aromatic carbocycles. The summed E-state index contributed by atoms with van der Waals surface area (Å²) in [7, 11) is 0. The summed E-state index contributed by atoms with van der Waals surface area (Å²) >= 11 is 0. The fourth-order valence-electron chi connectivity index (χ4n) is 2.08. The Morgan fingerprint density at radius 2 is 1.89 bits per heavy atom. The zero-order valence-corrected chi connectivity index (χ0v) is 12.0. The minimum absolute atomic E-state index is 0.848. The van der Waals surface area contributed by atoms with Gasteiger partial charge in [-0.2, -0.15) is 0 Å². The molecule has 1 aliphatic heterocycles. The summed E-state index contributed by atoms with van der Waals surface area (Å²) in [6, 6.07) is 0. The SMILES string of the molecule is CCCCCOCCNCCCN1CCOCC1. The lowest BCUT2D eigenvalue weighted by Crippen LogP contribution is -2.37. The number of nitrogens with zero attached hydrogens (tertiary/aromatic N) is 1. The van der Waals surface area contributed by atoms with Gasteiger partial charge < -0.3 is 14.8 Å². The van der Waals surface area contributed by atoms with Crippen molar-refractivity contribution < 1.29 is 9.47 Å². The largest absolute Gasteiger partial charge is 0.380 e. The zero-order chi connectivity index (χ0) is 12.9. The fourth-order valence-corrected chi connectivity index (χ4v) is 2.08. The van der Waals surface area contributed by atoms with E-state index in [1.165, 1.54) is 32.2 Å². The predicted octanol–water partition coefficient (Wildman–Crippen LogP) is 1.51. The number of hydrogen-bond acceptors (Lipinski definition) is 4. The van der Waals surface area contributed by atoms with E-state index in [2.05, 4.69) is 17.1 Å². The molecule has 0 aromatic heterocycles. The molecule has 108 valence electrons. The molecule has 1 fully saturated rings. The van der Waals surface area contributed by atoms with Gasteiger partial charge in [-0.05, 0) is 25.9 Å². The van der Waals surface area contributed by atoms with Crippen LogP contribution in [0.5, 0.6) is 0 Å². The molecule has 4 heteroatoms. The van der Waals surface area contributed by atoms with Crippen LogP contribution in [0.3, 0.4) is 0 Å². The lowest BCUT2D eigenvalue weighted by Gasteiger charge is -2.26. The van der Waals surface area contributed by atoms with Gasteiger partial charge in [0.25, 0.3) is 0 Å². The van der Waals surface area contributed by atoms with E-state index in [9.17, 15) is 0 Å². The molecule has 0 atom stereocenters. The van der Waals surface area contributed by atoms with Crippen molar-refractivity contribution in [1.29, 1.82) is 0 Å². The molecule has 0 aromatic rings. The van der Waals surface area contributed by atoms with E-state index in [0.29, 0.717) is 0 Å². The number of rotatable bonds is 11. The first kappa shape index (κ1) is 15.9. The van der Waals surface area contributed by atoms with Crippen LogP contribution in [0.15, 0.2) is 0 Å². The molecule has 1 aliphatic rings. The molecule has 0 amide bonds. The molecule has 4 nitrogen and oxygen atoms in total. The highest BCUT2D eigenvalue weighted by Crippen LogP contribution is 1.97. The third kappa shape index (κ3) is 8.86. The Hall–Kier alpha value is -0.160. The normalized spacial score (nSPS) is 17.2. The number of unbranched alkanes of at least 4 members (excludes halogenated alkanes) is 2. The average molecular weight is 258 g/mol. The quantitative estimate of drug-likeness (QED) is 0.570. The first-order valence-corrected chi connectivity index (χ1v) is 7.52. The fraction of sp³-hybridized carbons (Fsp3) is 1.00. The van der Waals surface area contributed by atoms with Crippen LogP contribution in [0.2, 0.25) is 0 Å².